The highest BCUT2D eigenvalue weighted by Crippen LogP contribution is 2.42. The van der Waals surface area contributed by atoms with E-state index in [-0.39, 0.29) is 5.54 Å². The molecule has 2 aliphatic rings. The van der Waals surface area contributed by atoms with E-state index in [0.717, 1.165) is 11.8 Å². The first-order chi connectivity index (χ1) is 7.24. The van der Waals surface area contributed by atoms with Gasteiger partial charge < -0.3 is 5.73 Å². The van der Waals surface area contributed by atoms with Gasteiger partial charge in [-0.05, 0) is 50.4 Å². The molecule has 2 N–H and O–H groups in total. The Bertz CT molecular complexity index is 186. The van der Waals surface area contributed by atoms with Gasteiger partial charge in [-0.2, -0.15) is 0 Å². The molecule has 2 aliphatic carbocycles. The van der Waals surface area contributed by atoms with Gasteiger partial charge >= 0.3 is 0 Å². The molecule has 1 nitrogen and oxygen atoms in total. The van der Waals surface area contributed by atoms with E-state index in [0.29, 0.717) is 0 Å². The van der Waals surface area contributed by atoms with Crippen molar-refractivity contribution in [1.29, 1.82) is 0 Å². The molecular formula is C14H27N. The van der Waals surface area contributed by atoms with E-state index < -0.39 is 0 Å². The van der Waals surface area contributed by atoms with Gasteiger partial charge in [0.25, 0.3) is 0 Å². The lowest BCUT2D eigenvalue weighted by Crippen LogP contribution is -2.50. The van der Waals surface area contributed by atoms with Crippen molar-refractivity contribution in [2.75, 3.05) is 0 Å². The van der Waals surface area contributed by atoms with Crippen molar-refractivity contribution >= 4 is 0 Å². The van der Waals surface area contributed by atoms with E-state index in [1.54, 1.807) is 0 Å². The summed E-state index contributed by atoms with van der Waals surface area (Å²) in [6, 6.07) is 0. The molecule has 0 aromatic rings. The van der Waals surface area contributed by atoms with E-state index in [1.165, 1.54) is 64.2 Å². The maximum absolute atomic E-state index is 6.65. The van der Waals surface area contributed by atoms with Crippen LogP contribution in [-0.2, 0) is 0 Å². The average molecular weight is 209 g/mol. The van der Waals surface area contributed by atoms with Crippen LogP contribution >= 0.6 is 0 Å². The normalized spacial score (nSPS) is 39.2. The van der Waals surface area contributed by atoms with Crippen LogP contribution in [0.1, 0.15) is 71.1 Å². The Hall–Kier alpha value is -0.0400. The summed E-state index contributed by atoms with van der Waals surface area (Å²) in [6.07, 6.45) is 13.9. The Morgan fingerprint density at radius 2 is 1.60 bits per heavy atom. The lowest BCUT2D eigenvalue weighted by molar-refractivity contribution is 0.128. The summed E-state index contributed by atoms with van der Waals surface area (Å²) in [6.45, 7) is 2.33. The van der Waals surface area contributed by atoms with Crippen LogP contribution in [-0.4, -0.2) is 5.54 Å². The first kappa shape index (κ1) is 11.4. The zero-order valence-corrected chi connectivity index (χ0v) is 10.3. The lowest BCUT2D eigenvalue weighted by atomic mass is 9.66. The molecule has 88 valence electrons. The molecule has 0 spiro atoms. The lowest BCUT2D eigenvalue weighted by Gasteiger charge is -2.44. The van der Waals surface area contributed by atoms with E-state index in [2.05, 4.69) is 6.92 Å². The number of hydrogen-bond donors (Lipinski definition) is 1. The largest absolute Gasteiger partial charge is 0.325 e. The monoisotopic (exact) mass is 209 g/mol. The Labute approximate surface area is 94.8 Å². The van der Waals surface area contributed by atoms with Gasteiger partial charge in [-0.25, -0.2) is 0 Å². The van der Waals surface area contributed by atoms with Gasteiger partial charge in [0.15, 0.2) is 0 Å². The highest BCUT2D eigenvalue weighted by Gasteiger charge is 2.38. The van der Waals surface area contributed by atoms with Gasteiger partial charge in [-0.15, -0.1) is 0 Å². The van der Waals surface area contributed by atoms with Crippen LogP contribution in [0.5, 0.6) is 0 Å². The Balaban J connectivity index is 1.89. The molecule has 0 atom stereocenters. The highest BCUT2D eigenvalue weighted by atomic mass is 14.8. The summed E-state index contributed by atoms with van der Waals surface area (Å²) in [4.78, 5) is 0. The Morgan fingerprint density at radius 1 is 1.00 bits per heavy atom. The van der Waals surface area contributed by atoms with Gasteiger partial charge in [0, 0.05) is 5.54 Å². The summed E-state index contributed by atoms with van der Waals surface area (Å²) in [7, 11) is 0. The fraction of sp³-hybridized carbons (Fsp3) is 1.00. The molecule has 2 rings (SSSR count). The van der Waals surface area contributed by atoms with Crippen LogP contribution in [0.3, 0.4) is 0 Å². The van der Waals surface area contributed by atoms with Gasteiger partial charge in [0.05, 0.1) is 0 Å². The first-order valence-corrected chi connectivity index (χ1v) is 7.03. The van der Waals surface area contributed by atoms with E-state index >= 15 is 0 Å². The minimum Gasteiger partial charge on any atom is -0.325 e. The minimum absolute atomic E-state index is 0.228. The topological polar surface area (TPSA) is 26.0 Å². The molecule has 1 heteroatoms. The third-order valence-electron chi connectivity index (χ3n) is 5.03. The average Bonchev–Trinajstić information content (AvgIpc) is 2.31. The molecule has 2 saturated carbocycles. The molecule has 2 fully saturated rings. The number of rotatable bonds is 2. The van der Waals surface area contributed by atoms with E-state index in [4.69, 9.17) is 5.73 Å². The summed E-state index contributed by atoms with van der Waals surface area (Å²) in [5.41, 5.74) is 6.88. The fourth-order valence-electron chi connectivity index (χ4n) is 3.71. The van der Waals surface area contributed by atoms with Gasteiger partial charge in [-0.3, -0.25) is 0 Å². The highest BCUT2D eigenvalue weighted by molar-refractivity contribution is 4.95. The van der Waals surface area contributed by atoms with Crippen LogP contribution in [0, 0.1) is 11.8 Å². The zero-order chi connectivity index (χ0) is 10.7. The second kappa shape index (κ2) is 4.86. The summed E-state index contributed by atoms with van der Waals surface area (Å²) in [5.74, 6) is 1.83. The summed E-state index contributed by atoms with van der Waals surface area (Å²) in [5, 5.41) is 0. The summed E-state index contributed by atoms with van der Waals surface area (Å²) < 4.78 is 0. The second-order valence-corrected chi connectivity index (χ2v) is 5.92. The van der Waals surface area contributed by atoms with Crippen molar-refractivity contribution in [2.24, 2.45) is 17.6 Å². The van der Waals surface area contributed by atoms with Crippen molar-refractivity contribution in [2.45, 2.75) is 76.7 Å². The molecule has 0 aromatic heterocycles. The molecule has 0 saturated heterocycles. The Kier molecular flexibility index (Phi) is 3.71. The number of nitrogens with two attached hydrogens (primary N) is 1. The maximum atomic E-state index is 6.65. The summed E-state index contributed by atoms with van der Waals surface area (Å²) >= 11 is 0. The molecule has 0 bridgehead atoms. The van der Waals surface area contributed by atoms with Crippen LogP contribution in [0.25, 0.3) is 0 Å². The molecule has 0 radical (unpaired) electrons. The molecule has 0 aromatic carbocycles. The Morgan fingerprint density at radius 3 is 2.13 bits per heavy atom. The zero-order valence-electron chi connectivity index (χ0n) is 10.3. The van der Waals surface area contributed by atoms with Crippen molar-refractivity contribution in [1.82, 2.24) is 0 Å². The molecule has 0 amide bonds. The molecular weight excluding hydrogens is 182 g/mol. The minimum atomic E-state index is 0.228. The maximum Gasteiger partial charge on any atom is 0.0183 e. The third-order valence-corrected chi connectivity index (χ3v) is 5.03. The van der Waals surface area contributed by atoms with Crippen LogP contribution in [0.4, 0.5) is 0 Å². The predicted molar refractivity (Wildman–Crippen MR) is 65.7 cm³/mol. The van der Waals surface area contributed by atoms with Crippen molar-refractivity contribution in [3.63, 3.8) is 0 Å². The van der Waals surface area contributed by atoms with Gasteiger partial charge in [-0.1, -0.05) is 32.6 Å². The first-order valence-electron chi connectivity index (χ1n) is 7.03. The molecule has 0 heterocycles. The van der Waals surface area contributed by atoms with Crippen LogP contribution in [0.2, 0.25) is 0 Å². The second-order valence-electron chi connectivity index (χ2n) is 5.92. The smallest absolute Gasteiger partial charge is 0.0183 e. The molecule has 15 heavy (non-hydrogen) atoms. The number of hydrogen-bond acceptors (Lipinski definition) is 1. The molecule has 0 aliphatic heterocycles. The van der Waals surface area contributed by atoms with Crippen molar-refractivity contribution < 1.29 is 0 Å². The molecule has 0 unspecified atom stereocenters. The third kappa shape index (κ3) is 2.55. The van der Waals surface area contributed by atoms with E-state index in [1.807, 2.05) is 0 Å². The standard InChI is InChI=1S/C14H27N/c1-2-12-8-10-14(15,11-9-12)13-6-4-3-5-7-13/h12-13H,2-11,15H2,1H3. The van der Waals surface area contributed by atoms with E-state index in [9.17, 15) is 0 Å². The van der Waals surface area contributed by atoms with Gasteiger partial charge in [0.2, 0.25) is 0 Å². The van der Waals surface area contributed by atoms with Crippen LogP contribution < -0.4 is 5.73 Å². The quantitative estimate of drug-likeness (QED) is 0.734. The van der Waals surface area contributed by atoms with Crippen molar-refractivity contribution in [3.05, 3.63) is 0 Å². The van der Waals surface area contributed by atoms with Crippen molar-refractivity contribution in [3.8, 4) is 0 Å². The fourth-order valence-corrected chi connectivity index (χ4v) is 3.71. The predicted octanol–water partition coefficient (Wildman–Crippen LogP) is 3.86. The van der Waals surface area contributed by atoms with Gasteiger partial charge in [0.1, 0.15) is 0 Å². The SMILES string of the molecule is CCC1CCC(N)(C2CCCCC2)CC1. The van der Waals surface area contributed by atoms with Crippen LogP contribution in [0.15, 0.2) is 0 Å².